The minimum atomic E-state index is -0.268. The lowest BCUT2D eigenvalue weighted by atomic mass is 9.92. The van der Waals surface area contributed by atoms with Crippen LogP contribution in [0.25, 0.3) is 0 Å². The molecule has 2 saturated heterocycles. The number of furan rings is 1. The van der Waals surface area contributed by atoms with E-state index in [2.05, 4.69) is 41.4 Å². The van der Waals surface area contributed by atoms with E-state index in [4.69, 9.17) is 13.9 Å². The van der Waals surface area contributed by atoms with Crippen LogP contribution in [0.15, 0.2) is 35.1 Å². The summed E-state index contributed by atoms with van der Waals surface area (Å²) in [5.41, 5.74) is 0.908. The van der Waals surface area contributed by atoms with Crippen molar-refractivity contribution >= 4 is 11.9 Å². The van der Waals surface area contributed by atoms with Crippen LogP contribution >= 0.6 is 0 Å². The number of amides is 1. The van der Waals surface area contributed by atoms with Crippen LogP contribution in [0, 0.1) is 0 Å². The number of carbonyl (C=O) groups excluding carboxylic acids is 1. The van der Waals surface area contributed by atoms with Crippen molar-refractivity contribution in [3.63, 3.8) is 0 Å². The van der Waals surface area contributed by atoms with E-state index in [-0.39, 0.29) is 41.4 Å². The zero-order valence-corrected chi connectivity index (χ0v) is 15.6. The first kappa shape index (κ1) is 17.9. The summed E-state index contributed by atoms with van der Waals surface area (Å²) in [5, 5.41) is 6.25. The first-order chi connectivity index (χ1) is 12.9. The molecule has 0 spiro atoms. The molecule has 1 amide bonds. The van der Waals surface area contributed by atoms with Crippen molar-refractivity contribution in [2.45, 2.75) is 50.5 Å². The van der Waals surface area contributed by atoms with Gasteiger partial charge in [-0.15, -0.1) is 0 Å². The van der Waals surface area contributed by atoms with Gasteiger partial charge in [0.25, 0.3) is 5.91 Å². The number of rotatable bonds is 4. The van der Waals surface area contributed by atoms with Gasteiger partial charge in [0.05, 0.1) is 37.3 Å². The highest BCUT2D eigenvalue weighted by Crippen LogP contribution is 2.29. The third-order valence-electron chi connectivity index (χ3n) is 4.85. The first-order valence-electron chi connectivity index (χ1n) is 9.09. The quantitative estimate of drug-likeness (QED) is 0.843. The lowest BCUT2D eigenvalue weighted by Crippen LogP contribution is -2.44. The first-order valence-corrected chi connectivity index (χ1v) is 9.09. The standard InChI is InChI=1S/C19H24N4O4/c1-19(2,3)14-6-7-20-18(23-14)22-12-10-27-15-11(9-26-16(12)15)21-17(24)13-5-4-8-25-13/h4-8,11-12,15-16H,9-10H2,1-3H3,(H,21,24)(H,20,22,23)/t11-,12+,15-,16+/m0/s1. The Morgan fingerprint density at radius 3 is 2.59 bits per heavy atom. The molecule has 8 nitrogen and oxygen atoms in total. The second-order valence-corrected chi connectivity index (χ2v) is 7.92. The molecule has 2 aliphatic rings. The number of anilines is 1. The molecule has 27 heavy (non-hydrogen) atoms. The van der Waals surface area contributed by atoms with Crippen molar-refractivity contribution in [3.8, 4) is 0 Å². The van der Waals surface area contributed by atoms with Gasteiger partial charge in [-0.3, -0.25) is 4.79 Å². The van der Waals surface area contributed by atoms with Crippen molar-refractivity contribution in [1.29, 1.82) is 0 Å². The fourth-order valence-corrected chi connectivity index (χ4v) is 3.41. The van der Waals surface area contributed by atoms with Crippen LogP contribution in [0.5, 0.6) is 0 Å². The van der Waals surface area contributed by atoms with Gasteiger partial charge in [0, 0.05) is 11.6 Å². The number of aromatic nitrogens is 2. The van der Waals surface area contributed by atoms with E-state index < -0.39 is 0 Å². The third kappa shape index (κ3) is 3.68. The van der Waals surface area contributed by atoms with Crippen LogP contribution in [-0.2, 0) is 14.9 Å². The molecule has 8 heteroatoms. The Balaban J connectivity index is 1.40. The summed E-state index contributed by atoms with van der Waals surface area (Å²) in [5.74, 6) is 0.567. The molecule has 4 heterocycles. The molecule has 2 aromatic rings. The SMILES string of the molecule is CC(C)(C)c1ccnc(N[C@@H]2CO[C@@H]3[C@@H]2OC[C@@H]3NC(=O)c2ccco2)n1. The summed E-state index contributed by atoms with van der Waals surface area (Å²) < 4.78 is 16.9. The van der Waals surface area contributed by atoms with Crippen LogP contribution in [0.4, 0.5) is 5.95 Å². The third-order valence-corrected chi connectivity index (χ3v) is 4.85. The Labute approximate surface area is 157 Å². The summed E-state index contributed by atoms with van der Waals surface area (Å²) in [6.07, 6.45) is 2.84. The Morgan fingerprint density at radius 2 is 1.89 bits per heavy atom. The molecule has 2 aromatic heterocycles. The number of hydrogen-bond acceptors (Lipinski definition) is 7. The number of nitrogens with zero attached hydrogens (tertiary/aromatic N) is 2. The van der Waals surface area contributed by atoms with Crippen LogP contribution in [0.2, 0.25) is 0 Å². The van der Waals surface area contributed by atoms with Crippen LogP contribution in [-0.4, -0.2) is 53.4 Å². The smallest absolute Gasteiger partial charge is 0.287 e. The highest BCUT2D eigenvalue weighted by Gasteiger charge is 2.48. The molecule has 0 aliphatic carbocycles. The molecule has 2 N–H and O–H groups in total. The van der Waals surface area contributed by atoms with Crippen LogP contribution in [0.1, 0.15) is 37.0 Å². The highest BCUT2D eigenvalue weighted by molar-refractivity contribution is 5.91. The summed E-state index contributed by atoms with van der Waals surface area (Å²) in [6.45, 7) is 7.19. The molecule has 0 saturated carbocycles. The molecule has 2 fully saturated rings. The van der Waals surface area contributed by atoms with Gasteiger partial charge in [-0.25, -0.2) is 9.97 Å². The highest BCUT2D eigenvalue weighted by atomic mass is 16.6. The zero-order valence-electron chi connectivity index (χ0n) is 15.6. The molecule has 4 rings (SSSR count). The average molecular weight is 372 g/mol. The second-order valence-electron chi connectivity index (χ2n) is 7.92. The molecule has 0 aromatic carbocycles. The van der Waals surface area contributed by atoms with E-state index in [0.717, 1.165) is 5.69 Å². The van der Waals surface area contributed by atoms with Crippen LogP contribution < -0.4 is 10.6 Å². The fraction of sp³-hybridized carbons (Fsp3) is 0.526. The molecular formula is C19H24N4O4. The van der Waals surface area contributed by atoms with Gasteiger partial charge >= 0.3 is 0 Å². The summed E-state index contributed by atoms with van der Waals surface area (Å²) in [4.78, 5) is 21.1. The molecule has 0 unspecified atom stereocenters. The van der Waals surface area contributed by atoms with Crippen LogP contribution in [0.3, 0.4) is 0 Å². The van der Waals surface area contributed by atoms with Gasteiger partial charge < -0.3 is 24.5 Å². The maximum absolute atomic E-state index is 12.2. The Morgan fingerprint density at radius 1 is 1.15 bits per heavy atom. The summed E-state index contributed by atoms with van der Waals surface area (Å²) >= 11 is 0. The van der Waals surface area contributed by atoms with Gasteiger partial charge in [-0.2, -0.15) is 0 Å². The number of nitrogens with one attached hydrogen (secondary N) is 2. The van der Waals surface area contributed by atoms with E-state index in [9.17, 15) is 4.79 Å². The summed E-state index contributed by atoms with van der Waals surface area (Å²) in [6, 6.07) is 4.94. The van der Waals surface area contributed by atoms with E-state index in [1.807, 2.05) is 6.07 Å². The second kappa shape index (κ2) is 6.94. The predicted octanol–water partition coefficient (Wildman–Crippen LogP) is 1.74. The largest absolute Gasteiger partial charge is 0.459 e. The van der Waals surface area contributed by atoms with Crippen molar-refractivity contribution in [3.05, 3.63) is 42.1 Å². The van der Waals surface area contributed by atoms with Crippen molar-refractivity contribution < 1.29 is 18.7 Å². The number of fused-ring (bicyclic) bond motifs is 1. The lowest BCUT2D eigenvalue weighted by Gasteiger charge is -2.21. The summed E-state index contributed by atoms with van der Waals surface area (Å²) in [7, 11) is 0. The van der Waals surface area contributed by atoms with Crippen molar-refractivity contribution in [2.75, 3.05) is 18.5 Å². The molecule has 144 valence electrons. The lowest BCUT2D eigenvalue weighted by molar-refractivity contribution is 0.0646. The van der Waals surface area contributed by atoms with Gasteiger partial charge in [0.15, 0.2) is 5.76 Å². The predicted molar refractivity (Wildman–Crippen MR) is 97.6 cm³/mol. The molecular weight excluding hydrogens is 348 g/mol. The van der Waals surface area contributed by atoms with Gasteiger partial charge in [-0.05, 0) is 18.2 Å². The molecule has 0 bridgehead atoms. The Hall–Kier alpha value is -2.45. The Bertz CT molecular complexity index is 802. The fourth-order valence-electron chi connectivity index (χ4n) is 3.41. The van der Waals surface area contributed by atoms with Gasteiger partial charge in [-0.1, -0.05) is 20.8 Å². The molecule has 0 radical (unpaired) electrons. The van der Waals surface area contributed by atoms with E-state index in [1.165, 1.54) is 6.26 Å². The minimum Gasteiger partial charge on any atom is -0.459 e. The van der Waals surface area contributed by atoms with Gasteiger partial charge in [0.1, 0.15) is 12.2 Å². The number of ether oxygens (including phenoxy) is 2. The maximum atomic E-state index is 12.2. The molecule has 2 aliphatic heterocycles. The monoisotopic (exact) mass is 372 g/mol. The van der Waals surface area contributed by atoms with Gasteiger partial charge in [0.2, 0.25) is 5.95 Å². The van der Waals surface area contributed by atoms with E-state index >= 15 is 0 Å². The number of carbonyl (C=O) groups is 1. The zero-order chi connectivity index (χ0) is 19.0. The van der Waals surface area contributed by atoms with E-state index in [0.29, 0.717) is 19.2 Å². The average Bonchev–Trinajstić information content (AvgIpc) is 3.35. The van der Waals surface area contributed by atoms with Crippen molar-refractivity contribution in [2.24, 2.45) is 0 Å². The minimum absolute atomic E-state index is 0.0564. The topological polar surface area (TPSA) is 98.5 Å². The van der Waals surface area contributed by atoms with Crippen molar-refractivity contribution in [1.82, 2.24) is 15.3 Å². The molecule has 4 atom stereocenters. The number of hydrogen-bond donors (Lipinski definition) is 2. The Kier molecular flexibility index (Phi) is 4.61. The maximum Gasteiger partial charge on any atom is 0.287 e. The van der Waals surface area contributed by atoms with E-state index in [1.54, 1.807) is 18.3 Å². The normalized spacial score (nSPS) is 27.4.